The van der Waals surface area contributed by atoms with E-state index in [1.807, 2.05) is 12.1 Å². The number of amides is 2. The molecule has 3 rings (SSSR count). The van der Waals surface area contributed by atoms with Gasteiger partial charge in [-0.15, -0.1) is 0 Å². The van der Waals surface area contributed by atoms with Crippen molar-refractivity contribution in [2.45, 2.75) is 18.9 Å². The number of aliphatic hydroxyl groups excluding tert-OH is 1. The molecule has 1 unspecified atom stereocenters. The summed E-state index contributed by atoms with van der Waals surface area (Å²) < 4.78 is 0. The number of urea groups is 1. The van der Waals surface area contributed by atoms with Gasteiger partial charge in [0.05, 0.1) is 30.7 Å². The molecule has 1 aliphatic rings. The monoisotopic (exact) mass is 287 g/mol. The first-order valence-electron chi connectivity index (χ1n) is 6.93. The summed E-state index contributed by atoms with van der Waals surface area (Å²) in [5.74, 6) is 0. The molecule has 1 aromatic carbocycles. The predicted molar refractivity (Wildman–Crippen MR) is 77.2 cm³/mol. The van der Waals surface area contributed by atoms with Crippen LogP contribution in [0.15, 0.2) is 36.7 Å². The summed E-state index contributed by atoms with van der Waals surface area (Å²) in [6.45, 7) is 0.698. The number of nitrogens with one attached hydrogen (secondary N) is 1. The third-order valence-electron chi connectivity index (χ3n) is 3.62. The quantitative estimate of drug-likeness (QED) is 0.890. The molecule has 7 heteroatoms. The van der Waals surface area contributed by atoms with Gasteiger partial charge in [-0.3, -0.25) is 0 Å². The van der Waals surface area contributed by atoms with Crippen molar-refractivity contribution in [3.8, 4) is 5.69 Å². The van der Waals surface area contributed by atoms with Crippen molar-refractivity contribution in [1.82, 2.24) is 19.9 Å². The third kappa shape index (κ3) is 2.87. The summed E-state index contributed by atoms with van der Waals surface area (Å²) in [6, 6.07) is 7.04. The van der Waals surface area contributed by atoms with Gasteiger partial charge in [-0.05, 0) is 37.1 Å². The molecule has 2 heterocycles. The standard InChI is InChI=1S/C14H17N5O2/c20-10-13-2-1-9-18(13)14(21)17-11-3-5-12(6-4-11)19-15-7-8-16-19/h3-8,13,20H,1-2,9-10H2,(H,17,21). The lowest BCUT2D eigenvalue weighted by molar-refractivity contribution is 0.166. The van der Waals surface area contributed by atoms with Crippen LogP contribution in [0.4, 0.5) is 10.5 Å². The average molecular weight is 287 g/mol. The fourth-order valence-corrected chi connectivity index (χ4v) is 2.52. The Hall–Kier alpha value is -2.41. The van der Waals surface area contributed by atoms with E-state index in [2.05, 4.69) is 15.5 Å². The molecule has 0 radical (unpaired) electrons. The number of carbonyl (C=O) groups excluding carboxylic acids is 1. The molecular weight excluding hydrogens is 270 g/mol. The average Bonchev–Trinajstić information content (AvgIpc) is 3.19. The minimum atomic E-state index is -0.170. The normalized spacial score (nSPS) is 18.0. The Bertz CT molecular complexity index is 596. The van der Waals surface area contributed by atoms with Gasteiger partial charge in [0.25, 0.3) is 0 Å². The van der Waals surface area contributed by atoms with Crippen LogP contribution in [-0.4, -0.2) is 50.2 Å². The number of rotatable bonds is 3. The van der Waals surface area contributed by atoms with Crippen molar-refractivity contribution in [3.63, 3.8) is 0 Å². The van der Waals surface area contributed by atoms with Gasteiger partial charge in [-0.1, -0.05) is 0 Å². The molecule has 21 heavy (non-hydrogen) atoms. The number of carbonyl (C=O) groups is 1. The lowest BCUT2D eigenvalue weighted by atomic mass is 10.2. The van der Waals surface area contributed by atoms with E-state index in [-0.39, 0.29) is 18.7 Å². The van der Waals surface area contributed by atoms with Crippen LogP contribution >= 0.6 is 0 Å². The smallest absolute Gasteiger partial charge is 0.322 e. The fraction of sp³-hybridized carbons (Fsp3) is 0.357. The highest BCUT2D eigenvalue weighted by Crippen LogP contribution is 2.19. The number of hydrogen-bond acceptors (Lipinski definition) is 4. The lowest BCUT2D eigenvalue weighted by Gasteiger charge is -2.23. The summed E-state index contributed by atoms with van der Waals surface area (Å²) in [4.78, 5) is 15.4. The van der Waals surface area contributed by atoms with Crippen LogP contribution in [0, 0.1) is 0 Å². The van der Waals surface area contributed by atoms with Crippen molar-refractivity contribution in [1.29, 1.82) is 0 Å². The Morgan fingerprint density at radius 1 is 1.29 bits per heavy atom. The van der Waals surface area contributed by atoms with E-state index in [1.54, 1.807) is 29.4 Å². The van der Waals surface area contributed by atoms with Crippen LogP contribution in [0.5, 0.6) is 0 Å². The van der Waals surface area contributed by atoms with Crippen molar-refractivity contribution in [2.24, 2.45) is 0 Å². The minimum Gasteiger partial charge on any atom is -0.394 e. The molecule has 1 atom stereocenters. The summed E-state index contributed by atoms with van der Waals surface area (Å²) in [6.07, 6.45) is 5.01. The maximum atomic E-state index is 12.2. The highest BCUT2D eigenvalue weighted by Gasteiger charge is 2.27. The summed E-state index contributed by atoms with van der Waals surface area (Å²) in [5.41, 5.74) is 1.53. The zero-order valence-electron chi connectivity index (χ0n) is 11.5. The van der Waals surface area contributed by atoms with Gasteiger partial charge in [0.2, 0.25) is 0 Å². The second-order valence-electron chi connectivity index (χ2n) is 4.97. The van der Waals surface area contributed by atoms with Crippen LogP contribution in [0.25, 0.3) is 5.69 Å². The highest BCUT2D eigenvalue weighted by atomic mass is 16.3. The van der Waals surface area contributed by atoms with Crippen molar-refractivity contribution in [3.05, 3.63) is 36.7 Å². The Kier molecular flexibility index (Phi) is 3.83. The van der Waals surface area contributed by atoms with Crippen molar-refractivity contribution in [2.75, 3.05) is 18.5 Å². The molecule has 2 N–H and O–H groups in total. The molecule has 2 aromatic rings. The third-order valence-corrected chi connectivity index (χ3v) is 3.62. The number of aliphatic hydroxyl groups is 1. The van der Waals surface area contributed by atoms with Crippen molar-refractivity contribution >= 4 is 11.7 Å². The molecule has 1 fully saturated rings. The molecule has 1 aliphatic heterocycles. The Labute approximate surface area is 122 Å². The predicted octanol–water partition coefficient (Wildman–Crippen LogP) is 1.26. The van der Waals surface area contributed by atoms with Crippen LogP contribution in [-0.2, 0) is 0 Å². The highest BCUT2D eigenvalue weighted by molar-refractivity contribution is 5.89. The topological polar surface area (TPSA) is 83.3 Å². The van der Waals surface area contributed by atoms with Gasteiger partial charge in [0.15, 0.2) is 0 Å². The van der Waals surface area contributed by atoms with Crippen LogP contribution in [0.2, 0.25) is 0 Å². The molecular formula is C14H17N5O2. The SMILES string of the molecule is O=C(Nc1ccc(-n2nccn2)cc1)N1CCCC1CO. The van der Waals surface area contributed by atoms with Gasteiger partial charge in [0.1, 0.15) is 0 Å². The van der Waals surface area contributed by atoms with Gasteiger partial charge in [-0.25, -0.2) is 4.79 Å². The molecule has 0 saturated carbocycles. The number of anilines is 1. The summed E-state index contributed by atoms with van der Waals surface area (Å²) in [7, 11) is 0. The largest absolute Gasteiger partial charge is 0.394 e. The number of hydrogen-bond donors (Lipinski definition) is 2. The van der Waals surface area contributed by atoms with Crippen LogP contribution in [0.3, 0.4) is 0 Å². The zero-order chi connectivity index (χ0) is 14.7. The van der Waals surface area contributed by atoms with E-state index in [4.69, 9.17) is 0 Å². The summed E-state index contributed by atoms with van der Waals surface area (Å²) >= 11 is 0. The van der Waals surface area contributed by atoms with Gasteiger partial charge >= 0.3 is 6.03 Å². The lowest BCUT2D eigenvalue weighted by Crippen LogP contribution is -2.40. The second-order valence-corrected chi connectivity index (χ2v) is 4.97. The number of nitrogens with zero attached hydrogens (tertiary/aromatic N) is 4. The maximum absolute atomic E-state index is 12.2. The van der Waals surface area contributed by atoms with E-state index in [1.165, 1.54) is 4.80 Å². The van der Waals surface area contributed by atoms with E-state index >= 15 is 0 Å². The number of likely N-dealkylation sites (tertiary alicyclic amines) is 1. The maximum Gasteiger partial charge on any atom is 0.322 e. The van der Waals surface area contributed by atoms with E-state index in [0.29, 0.717) is 12.2 Å². The summed E-state index contributed by atoms with van der Waals surface area (Å²) in [5, 5.41) is 20.2. The first kappa shape index (κ1) is 13.6. The van der Waals surface area contributed by atoms with E-state index < -0.39 is 0 Å². The van der Waals surface area contributed by atoms with Crippen molar-refractivity contribution < 1.29 is 9.90 Å². The Morgan fingerprint density at radius 2 is 2.00 bits per heavy atom. The van der Waals surface area contributed by atoms with E-state index in [9.17, 15) is 9.90 Å². The molecule has 110 valence electrons. The number of benzene rings is 1. The molecule has 0 spiro atoms. The zero-order valence-corrected chi connectivity index (χ0v) is 11.5. The Morgan fingerprint density at radius 3 is 2.67 bits per heavy atom. The van der Waals surface area contributed by atoms with E-state index in [0.717, 1.165) is 18.5 Å². The van der Waals surface area contributed by atoms with Gasteiger partial charge < -0.3 is 15.3 Å². The fourth-order valence-electron chi connectivity index (χ4n) is 2.52. The Balaban J connectivity index is 1.66. The number of aromatic nitrogens is 3. The molecule has 2 amide bonds. The molecule has 0 bridgehead atoms. The molecule has 0 aliphatic carbocycles. The van der Waals surface area contributed by atoms with Gasteiger partial charge in [-0.2, -0.15) is 15.0 Å². The van der Waals surface area contributed by atoms with Gasteiger partial charge in [0, 0.05) is 12.2 Å². The van der Waals surface area contributed by atoms with Crippen LogP contribution in [0.1, 0.15) is 12.8 Å². The molecule has 7 nitrogen and oxygen atoms in total. The molecule has 1 saturated heterocycles. The van der Waals surface area contributed by atoms with Crippen LogP contribution < -0.4 is 5.32 Å². The molecule has 1 aromatic heterocycles. The second kappa shape index (κ2) is 5.92. The first-order valence-corrected chi connectivity index (χ1v) is 6.93. The minimum absolute atomic E-state index is 0.0112. The first-order chi connectivity index (χ1) is 10.3.